The van der Waals surface area contributed by atoms with E-state index in [2.05, 4.69) is 38.7 Å². The van der Waals surface area contributed by atoms with Gasteiger partial charge >= 0.3 is 0 Å². The molecule has 3 rings (SSSR count). The third-order valence-corrected chi connectivity index (χ3v) is 4.75. The molecule has 1 atom stereocenters. The van der Waals surface area contributed by atoms with Crippen molar-refractivity contribution in [1.82, 2.24) is 15.1 Å². The molecule has 20 heavy (non-hydrogen) atoms. The van der Waals surface area contributed by atoms with Crippen LogP contribution < -0.4 is 4.90 Å². The van der Waals surface area contributed by atoms with E-state index in [0.717, 1.165) is 31.1 Å². The van der Waals surface area contributed by atoms with Crippen molar-refractivity contribution < 1.29 is 0 Å². The highest BCUT2D eigenvalue weighted by molar-refractivity contribution is 5.39. The van der Waals surface area contributed by atoms with Gasteiger partial charge in [-0.25, -0.2) is 0 Å². The molecule has 1 spiro atoms. The molecular weight excluding hydrogens is 248 g/mol. The molecule has 2 saturated heterocycles. The lowest BCUT2D eigenvalue weighted by molar-refractivity contribution is 0.130. The number of hydrogen-bond acceptors (Lipinski definition) is 4. The van der Waals surface area contributed by atoms with Crippen LogP contribution in [0.2, 0.25) is 0 Å². The van der Waals surface area contributed by atoms with Gasteiger partial charge in [0, 0.05) is 25.2 Å². The van der Waals surface area contributed by atoms with Crippen LogP contribution in [0.15, 0.2) is 24.8 Å². The Hall–Kier alpha value is -1.42. The molecule has 4 heteroatoms. The quantitative estimate of drug-likeness (QED) is 0.791. The van der Waals surface area contributed by atoms with Crippen LogP contribution in [0.4, 0.5) is 5.82 Å². The number of nitrogens with zero attached hydrogens (tertiary/aromatic N) is 4. The number of hydrogen-bond donors (Lipinski definition) is 0. The lowest BCUT2D eigenvalue weighted by Crippen LogP contribution is -2.56. The molecule has 0 unspecified atom stereocenters. The normalized spacial score (nSPS) is 27.1. The van der Waals surface area contributed by atoms with Gasteiger partial charge in [-0.15, -0.1) is 11.7 Å². The topological polar surface area (TPSA) is 32.3 Å². The monoisotopic (exact) mass is 272 g/mol. The minimum absolute atomic E-state index is 0.332. The summed E-state index contributed by atoms with van der Waals surface area (Å²) in [4.78, 5) is 5.03. The lowest BCUT2D eigenvalue weighted by atomic mass is 9.86. The highest BCUT2D eigenvalue weighted by atomic mass is 15.3. The average Bonchev–Trinajstić information content (AvgIpc) is 2.83. The molecule has 0 aliphatic carbocycles. The van der Waals surface area contributed by atoms with E-state index in [4.69, 9.17) is 0 Å². The zero-order valence-corrected chi connectivity index (χ0v) is 12.4. The first-order chi connectivity index (χ1) is 9.73. The molecule has 2 aliphatic rings. The van der Waals surface area contributed by atoms with Crippen molar-refractivity contribution >= 4 is 5.82 Å². The molecule has 0 radical (unpaired) electrons. The summed E-state index contributed by atoms with van der Waals surface area (Å²) in [5.41, 5.74) is 1.31. The summed E-state index contributed by atoms with van der Waals surface area (Å²) in [6.07, 6.45) is 7.19. The fraction of sp³-hybridized carbons (Fsp3) is 0.625. The Morgan fingerprint density at radius 3 is 2.75 bits per heavy atom. The number of likely N-dealkylation sites (tertiary alicyclic amines) is 1. The Labute approximate surface area is 121 Å². The Balaban J connectivity index is 1.79. The van der Waals surface area contributed by atoms with Crippen molar-refractivity contribution in [2.75, 3.05) is 31.1 Å². The summed E-state index contributed by atoms with van der Waals surface area (Å²) in [5, 5.41) is 8.57. The molecule has 1 aromatic rings. The van der Waals surface area contributed by atoms with Gasteiger partial charge in [-0.2, -0.15) is 5.10 Å². The third-order valence-electron chi connectivity index (χ3n) is 4.75. The molecule has 1 aromatic heterocycles. The van der Waals surface area contributed by atoms with Crippen LogP contribution in [0.5, 0.6) is 0 Å². The number of aryl methyl sites for hydroxylation is 1. The van der Waals surface area contributed by atoms with Crippen molar-refractivity contribution in [1.29, 1.82) is 0 Å². The zero-order valence-electron chi connectivity index (χ0n) is 12.4. The second kappa shape index (κ2) is 5.52. The summed E-state index contributed by atoms with van der Waals surface area (Å²) in [7, 11) is 0. The molecule has 0 saturated carbocycles. The average molecular weight is 272 g/mol. The highest BCUT2D eigenvalue weighted by Gasteiger charge is 2.43. The fourth-order valence-electron chi connectivity index (χ4n) is 3.77. The van der Waals surface area contributed by atoms with Crippen molar-refractivity contribution in [2.24, 2.45) is 0 Å². The number of piperidine rings is 1. The zero-order chi connectivity index (χ0) is 14.0. The van der Waals surface area contributed by atoms with Crippen LogP contribution in [-0.2, 0) is 0 Å². The molecule has 2 aliphatic heterocycles. The Kier molecular flexibility index (Phi) is 3.74. The van der Waals surface area contributed by atoms with Crippen LogP contribution in [0.25, 0.3) is 0 Å². The van der Waals surface area contributed by atoms with Crippen molar-refractivity contribution in [3.8, 4) is 0 Å². The lowest BCUT2D eigenvalue weighted by Gasteiger charge is -2.46. The highest BCUT2D eigenvalue weighted by Crippen LogP contribution is 2.37. The van der Waals surface area contributed by atoms with E-state index in [1.807, 2.05) is 13.0 Å². The smallest absolute Gasteiger partial charge is 0.151 e. The predicted octanol–water partition coefficient (Wildman–Crippen LogP) is 2.41. The van der Waals surface area contributed by atoms with Crippen molar-refractivity contribution in [3.05, 3.63) is 30.5 Å². The van der Waals surface area contributed by atoms with Gasteiger partial charge in [-0.3, -0.25) is 4.90 Å². The molecule has 3 heterocycles. The molecule has 2 fully saturated rings. The number of anilines is 1. The van der Waals surface area contributed by atoms with E-state index < -0.39 is 0 Å². The van der Waals surface area contributed by atoms with E-state index in [-0.39, 0.29) is 0 Å². The molecule has 108 valence electrons. The molecule has 0 aromatic carbocycles. The molecule has 0 bridgehead atoms. The van der Waals surface area contributed by atoms with Crippen LogP contribution >= 0.6 is 0 Å². The SMILES string of the molecule is C=CCN1CCC[C@@]12CCCN(c1ccc(C)nn1)C2. The van der Waals surface area contributed by atoms with Crippen LogP contribution in [0.1, 0.15) is 31.4 Å². The predicted molar refractivity (Wildman–Crippen MR) is 82.0 cm³/mol. The summed E-state index contributed by atoms with van der Waals surface area (Å²) in [6.45, 7) is 10.3. The molecular formula is C16H24N4. The number of rotatable bonds is 3. The third kappa shape index (κ3) is 2.44. The van der Waals surface area contributed by atoms with Crippen molar-refractivity contribution in [2.45, 2.75) is 38.1 Å². The van der Waals surface area contributed by atoms with E-state index in [1.165, 1.54) is 32.2 Å². The Morgan fingerprint density at radius 2 is 2.05 bits per heavy atom. The largest absolute Gasteiger partial charge is 0.353 e. The van der Waals surface area contributed by atoms with Crippen LogP contribution in [-0.4, -0.2) is 46.8 Å². The maximum atomic E-state index is 4.36. The standard InChI is InChI=1S/C16H24N4/c1-3-10-20-12-5-9-16(20)8-4-11-19(13-16)15-7-6-14(2)17-18-15/h3,6-7H,1,4-5,8-13H2,2H3/t16-/m1/s1. The molecule has 4 nitrogen and oxygen atoms in total. The van der Waals surface area contributed by atoms with Gasteiger partial charge < -0.3 is 4.90 Å². The van der Waals surface area contributed by atoms with Crippen LogP contribution in [0, 0.1) is 6.92 Å². The van der Waals surface area contributed by atoms with Gasteiger partial charge in [-0.05, 0) is 51.3 Å². The van der Waals surface area contributed by atoms with E-state index in [1.54, 1.807) is 0 Å². The van der Waals surface area contributed by atoms with Gasteiger partial charge in [0.05, 0.1) is 5.69 Å². The van der Waals surface area contributed by atoms with Crippen molar-refractivity contribution in [3.63, 3.8) is 0 Å². The molecule has 0 amide bonds. The maximum absolute atomic E-state index is 4.36. The molecule has 0 N–H and O–H groups in total. The van der Waals surface area contributed by atoms with Gasteiger partial charge in [0.25, 0.3) is 0 Å². The fourth-order valence-corrected chi connectivity index (χ4v) is 3.77. The first-order valence-corrected chi connectivity index (χ1v) is 7.65. The van der Waals surface area contributed by atoms with Gasteiger partial charge in [0.2, 0.25) is 0 Å². The summed E-state index contributed by atoms with van der Waals surface area (Å²) in [6, 6.07) is 4.16. The van der Waals surface area contributed by atoms with Gasteiger partial charge in [-0.1, -0.05) is 6.08 Å². The van der Waals surface area contributed by atoms with Gasteiger partial charge in [0.1, 0.15) is 0 Å². The first kappa shape index (κ1) is 13.6. The number of aromatic nitrogens is 2. The van der Waals surface area contributed by atoms with E-state index >= 15 is 0 Å². The maximum Gasteiger partial charge on any atom is 0.151 e. The second-order valence-corrected chi connectivity index (χ2v) is 6.12. The minimum Gasteiger partial charge on any atom is -0.353 e. The summed E-state index contributed by atoms with van der Waals surface area (Å²) < 4.78 is 0. The van der Waals surface area contributed by atoms with Gasteiger partial charge in [0.15, 0.2) is 5.82 Å². The summed E-state index contributed by atoms with van der Waals surface area (Å²) >= 11 is 0. The Bertz CT molecular complexity index is 470. The second-order valence-electron chi connectivity index (χ2n) is 6.12. The minimum atomic E-state index is 0.332. The Morgan fingerprint density at radius 1 is 1.25 bits per heavy atom. The van der Waals surface area contributed by atoms with E-state index in [0.29, 0.717) is 5.54 Å². The van der Waals surface area contributed by atoms with E-state index in [9.17, 15) is 0 Å². The first-order valence-electron chi connectivity index (χ1n) is 7.65. The summed E-state index contributed by atoms with van der Waals surface area (Å²) in [5.74, 6) is 1.03. The van der Waals surface area contributed by atoms with Crippen LogP contribution in [0.3, 0.4) is 0 Å².